The number of halogens is 2. The van der Waals surface area contributed by atoms with E-state index in [9.17, 15) is 4.79 Å². The van der Waals surface area contributed by atoms with Gasteiger partial charge in [0.1, 0.15) is 0 Å². The van der Waals surface area contributed by atoms with Gasteiger partial charge in [-0.05, 0) is 23.6 Å². The maximum Gasteiger partial charge on any atom is 0.257 e. The molecule has 0 aliphatic heterocycles. The Morgan fingerprint density at radius 3 is 2.61 bits per heavy atom. The minimum atomic E-state index is -0.330. The van der Waals surface area contributed by atoms with E-state index >= 15 is 0 Å². The molecule has 2 heterocycles. The lowest BCUT2D eigenvalue weighted by Crippen LogP contribution is -2.11. The van der Waals surface area contributed by atoms with Crippen molar-refractivity contribution in [3.8, 4) is 16.3 Å². The number of rotatable bonds is 4. The summed E-state index contributed by atoms with van der Waals surface area (Å²) in [5.74, 6) is 0.0163. The van der Waals surface area contributed by atoms with Gasteiger partial charge in [-0.25, -0.2) is 4.98 Å². The minimum Gasteiger partial charge on any atom is -0.494 e. The lowest BCUT2D eigenvalue weighted by Gasteiger charge is -2.08. The van der Waals surface area contributed by atoms with Gasteiger partial charge in [0.15, 0.2) is 10.9 Å². The van der Waals surface area contributed by atoms with E-state index in [1.165, 1.54) is 30.6 Å². The maximum absolute atomic E-state index is 12.3. The summed E-state index contributed by atoms with van der Waals surface area (Å²) in [5, 5.41) is 7.70. The van der Waals surface area contributed by atoms with E-state index in [4.69, 9.17) is 27.9 Å². The summed E-state index contributed by atoms with van der Waals surface area (Å²) in [4.78, 5) is 17.8. The van der Waals surface area contributed by atoms with Gasteiger partial charge in [0.25, 0.3) is 5.91 Å². The quantitative estimate of drug-likeness (QED) is 0.651. The summed E-state index contributed by atoms with van der Waals surface area (Å²) >= 11 is 15.1. The van der Waals surface area contributed by atoms with E-state index in [0.29, 0.717) is 16.4 Å². The second kappa shape index (κ2) is 6.88. The molecule has 0 unspecified atom stereocenters. The molecule has 3 aromatic rings. The lowest BCUT2D eigenvalue weighted by atomic mass is 10.2. The van der Waals surface area contributed by atoms with E-state index < -0.39 is 0 Å². The van der Waals surface area contributed by atoms with Crippen LogP contribution in [0.2, 0.25) is 10.0 Å². The summed E-state index contributed by atoms with van der Waals surface area (Å²) in [5.41, 5.74) is 1.18. The second-order valence-electron chi connectivity index (χ2n) is 4.44. The first kappa shape index (κ1) is 16.3. The molecule has 3 rings (SSSR count). The smallest absolute Gasteiger partial charge is 0.257 e. The van der Waals surface area contributed by atoms with Crippen LogP contribution in [0.3, 0.4) is 0 Å². The van der Waals surface area contributed by atoms with E-state index in [0.717, 1.165) is 10.6 Å². The first-order chi connectivity index (χ1) is 11.1. The van der Waals surface area contributed by atoms with Gasteiger partial charge in [0.05, 0.1) is 27.7 Å². The number of hydrogen-bond donors (Lipinski definition) is 1. The van der Waals surface area contributed by atoms with Gasteiger partial charge in [0, 0.05) is 10.9 Å². The molecule has 118 valence electrons. The van der Waals surface area contributed by atoms with E-state index in [1.54, 1.807) is 11.3 Å². The Kier molecular flexibility index (Phi) is 4.87. The van der Waals surface area contributed by atoms with Crippen LogP contribution in [-0.2, 0) is 0 Å². The van der Waals surface area contributed by atoms with Crippen LogP contribution in [0.4, 0.5) is 5.13 Å². The van der Waals surface area contributed by atoms with Crippen molar-refractivity contribution in [2.75, 3.05) is 12.4 Å². The molecular weight excluding hydrogens is 375 g/mol. The third-order valence-electron chi connectivity index (χ3n) is 2.96. The van der Waals surface area contributed by atoms with Gasteiger partial charge in [-0.3, -0.25) is 10.1 Å². The van der Waals surface area contributed by atoms with Gasteiger partial charge in [-0.15, -0.1) is 22.7 Å². The number of nitrogens with one attached hydrogen (secondary N) is 1. The predicted octanol–water partition coefficient (Wildman–Crippen LogP) is 5.44. The molecule has 0 fully saturated rings. The zero-order valence-electron chi connectivity index (χ0n) is 11.8. The van der Waals surface area contributed by atoms with Crippen LogP contribution in [0, 0.1) is 0 Å². The number of thiazole rings is 1. The van der Waals surface area contributed by atoms with Gasteiger partial charge in [-0.2, -0.15) is 0 Å². The molecule has 0 atom stereocenters. The zero-order chi connectivity index (χ0) is 16.4. The zero-order valence-corrected chi connectivity index (χ0v) is 14.9. The SMILES string of the molecule is COc1c(Cl)cc(C(=O)Nc2nc(-c3cccs3)cs2)cc1Cl. The van der Waals surface area contributed by atoms with Gasteiger partial charge in [0.2, 0.25) is 0 Å². The Bertz CT molecular complexity index is 824. The number of hydrogen-bond acceptors (Lipinski definition) is 5. The fraction of sp³-hybridized carbons (Fsp3) is 0.0667. The van der Waals surface area contributed by atoms with Gasteiger partial charge < -0.3 is 4.74 Å². The predicted molar refractivity (Wildman–Crippen MR) is 96.4 cm³/mol. The summed E-state index contributed by atoms with van der Waals surface area (Å²) in [6, 6.07) is 6.96. The van der Waals surface area contributed by atoms with Crippen molar-refractivity contribution in [1.29, 1.82) is 0 Å². The van der Waals surface area contributed by atoms with Crippen LogP contribution in [0.15, 0.2) is 35.0 Å². The molecule has 0 saturated carbocycles. The number of carbonyl (C=O) groups excluding carboxylic acids is 1. The van der Waals surface area contributed by atoms with Crippen molar-refractivity contribution in [2.45, 2.75) is 0 Å². The highest BCUT2D eigenvalue weighted by atomic mass is 35.5. The number of nitrogens with zero attached hydrogens (tertiary/aromatic N) is 1. The molecule has 8 heteroatoms. The highest BCUT2D eigenvalue weighted by molar-refractivity contribution is 7.16. The molecule has 0 saturated heterocycles. The van der Waals surface area contributed by atoms with Crippen LogP contribution >= 0.6 is 45.9 Å². The fourth-order valence-corrected chi connectivity index (χ4v) is 4.03. The van der Waals surface area contributed by atoms with Crippen molar-refractivity contribution in [3.05, 3.63) is 50.6 Å². The molecule has 0 spiro atoms. The highest BCUT2D eigenvalue weighted by Crippen LogP contribution is 2.34. The standard InChI is InChI=1S/C15H10Cl2N2O2S2/c1-21-13-9(16)5-8(6-10(13)17)14(20)19-15-18-11(7-23-15)12-3-2-4-22-12/h2-7H,1H3,(H,18,19,20). The monoisotopic (exact) mass is 384 g/mol. The molecule has 4 nitrogen and oxygen atoms in total. The normalized spacial score (nSPS) is 10.6. The highest BCUT2D eigenvalue weighted by Gasteiger charge is 2.15. The minimum absolute atomic E-state index is 0.281. The molecule has 23 heavy (non-hydrogen) atoms. The Morgan fingerprint density at radius 1 is 1.26 bits per heavy atom. The summed E-state index contributed by atoms with van der Waals surface area (Å²) in [6.07, 6.45) is 0. The topological polar surface area (TPSA) is 51.2 Å². The third-order valence-corrected chi connectivity index (χ3v) is 5.17. The molecule has 1 aromatic carbocycles. The molecule has 0 aliphatic carbocycles. The molecule has 2 aromatic heterocycles. The van der Waals surface area contributed by atoms with E-state index in [2.05, 4.69) is 10.3 Å². The second-order valence-corrected chi connectivity index (χ2v) is 7.06. The first-order valence-corrected chi connectivity index (χ1v) is 8.94. The van der Waals surface area contributed by atoms with Crippen LogP contribution in [0.5, 0.6) is 5.75 Å². The number of amides is 1. The first-order valence-electron chi connectivity index (χ1n) is 6.42. The number of aromatic nitrogens is 1. The Balaban J connectivity index is 1.80. The van der Waals surface area contributed by atoms with Crippen molar-refractivity contribution in [3.63, 3.8) is 0 Å². The number of ether oxygens (including phenoxy) is 1. The van der Waals surface area contributed by atoms with Crippen molar-refractivity contribution < 1.29 is 9.53 Å². The molecule has 1 N–H and O–H groups in total. The number of thiophene rings is 1. The summed E-state index contributed by atoms with van der Waals surface area (Å²) in [6.45, 7) is 0. The average molecular weight is 385 g/mol. The van der Waals surface area contributed by atoms with Crippen molar-refractivity contribution in [1.82, 2.24) is 4.98 Å². The number of benzene rings is 1. The van der Waals surface area contributed by atoms with Crippen molar-refractivity contribution in [2.24, 2.45) is 0 Å². The Morgan fingerprint density at radius 2 is 2.00 bits per heavy atom. The van der Waals surface area contributed by atoms with Gasteiger partial charge >= 0.3 is 0 Å². The number of anilines is 1. The molecule has 0 aliphatic rings. The number of carbonyl (C=O) groups is 1. The van der Waals surface area contributed by atoms with Crippen LogP contribution in [-0.4, -0.2) is 18.0 Å². The van der Waals surface area contributed by atoms with E-state index in [1.807, 2.05) is 22.9 Å². The van der Waals surface area contributed by atoms with Crippen LogP contribution in [0.25, 0.3) is 10.6 Å². The van der Waals surface area contributed by atoms with Crippen molar-refractivity contribution >= 4 is 56.9 Å². The van der Waals surface area contributed by atoms with E-state index in [-0.39, 0.29) is 16.0 Å². The van der Waals surface area contributed by atoms with Gasteiger partial charge in [-0.1, -0.05) is 29.3 Å². The number of methoxy groups -OCH3 is 1. The van der Waals surface area contributed by atoms with Crippen LogP contribution in [0.1, 0.15) is 10.4 Å². The largest absolute Gasteiger partial charge is 0.494 e. The lowest BCUT2D eigenvalue weighted by molar-refractivity contribution is 0.102. The fourth-order valence-electron chi connectivity index (χ4n) is 1.92. The Labute approximate surface area is 150 Å². The average Bonchev–Trinajstić information content (AvgIpc) is 3.17. The summed E-state index contributed by atoms with van der Waals surface area (Å²) in [7, 11) is 1.47. The Hall–Kier alpha value is -1.60. The molecule has 0 radical (unpaired) electrons. The third kappa shape index (κ3) is 3.50. The molecular formula is C15H10Cl2N2O2S2. The van der Waals surface area contributed by atoms with Crippen LogP contribution < -0.4 is 10.1 Å². The maximum atomic E-state index is 12.3. The molecule has 0 bridgehead atoms. The molecule has 1 amide bonds. The summed E-state index contributed by atoms with van der Waals surface area (Å²) < 4.78 is 5.07.